The first-order valence-electron chi connectivity index (χ1n) is 9.21. The van der Waals surface area contributed by atoms with Crippen molar-refractivity contribution in [3.63, 3.8) is 0 Å². The number of halogens is 2. The van der Waals surface area contributed by atoms with Crippen molar-refractivity contribution in [2.45, 2.75) is 20.0 Å². The summed E-state index contributed by atoms with van der Waals surface area (Å²) in [6.07, 6.45) is 0. The van der Waals surface area contributed by atoms with Gasteiger partial charge in [0.1, 0.15) is 5.82 Å². The molecule has 0 radical (unpaired) electrons. The van der Waals surface area contributed by atoms with Gasteiger partial charge >= 0.3 is 0 Å². The van der Waals surface area contributed by atoms with Gasteiger partial charge in [-0.1, -0.05) is 47.5 Å². The quantitative estimate of drug-likeness (QED) is 0.824. The Morgan fingerprint density at radius 2 is 1.74 bits per heavy atom. The Hall–Kier alpha value is -1.95. The molecule has 1 aliphatic heterocycles. The first kappa shape index (κ1) is 19.8. The van der Waals surface area contributed by atoms with Gasteiger partial charge in [-0.15, -0.1) is 0 Å². The average Bonchev–Trinajstić information content (AvgIpc) is 2.66. The highest BCUT2D eigenvalue weighted by Gasteiger charge is 2.20. The average molecular weight is 390 g/mol. The smallest absolute Gasteiger partial charge is 0.234 e. The van der Waals surface area contributed by atoms with E-state index in [4.69, 9.17) is 11.6 Å². The molecule has 4 nitrogen and oxygen atoms in total. The molecule has 3 rings (SSSR count). The Bertz CT molecular complexity index is 753. The number of rotatable bonds is 6. The molecule has 1 fully saturated rings. The Balaban J connectivity index is 1.41. The second kappa shape index (κ2) is 9.31. The molecule has 1 saturated heterocycles. The molecule has 1 heterocycles. The Labute approximate surface area is 164 Å². The van der Waals surface area contributed by atoms with E-state index in [2.05, 4.69) is 15.1 Å². The van der Waals surface area contributed by atoms with Crippen molar-refractivity contribution in [2.24, 2.45) is 0 Å². The van der Waals surface area contributed by atoms with Crippen LogP contribution in [0.2, 0.25) is 5.02 Å². The van der Waals surface area contributed by atoms with Crippen LogP contribution in [0.15, 0.2) is 42.5 Å². The Morgan fingerprint density at radius 1 is 1.07 bits per heavy atom. The molecule has 0 saturated carbocycles. The zero-order chi connectivity index (χ0) is 19.2. The van der Waals surface area contributed by atoms with Crippen LogP contribution in [0, 0.1) is 12.7 Å². The summed E-state index contributed by atoms with van der Waals surface area (Å²) in [4.78, 5) is 16.5. The minimum Gasteiger partial charge on any atom is -0.351 e. The lowest BCUT2D eigenvalue weighted by Crippen LogP contribution is -2.49. The molecule has 0 unspecified atom stereocenters. The van der Waals surface area contributed by atoms with Crippen LogP contribution in [0.1, 0.15) is 16.7 Å². The third-order valence-corrected chi connectivity index (χ3v) is 5.24. The predicted octanol–water partition coefficient (Wildman–Crippen LogP) is 3.22. The molecule has 0 aliphatic carbocycles. The summed E-state index contributed by atoms with van der Waals surface area (Å²) in [6.45, 7) is 6.62. The van der Waals surface area contributed by atoms with E-state index in [9.17, 15) is 9.18 Å². The van der Waals surface area contributed by atoms with Gasteiger partial charge in [-0.2, -0.15) is 0 Å². The third-order valence-electron chi connectivity index (χ3n) is 4.89. The highest BCUT2D eigenvalue weighted by Crippen LogP contribution is 2.21. The second-order valence-electron chi connectivity index (χ2n) is 7.01. The fourth-order valence-corrected chi connectivity index (χ4v) is 3.40. The predicted molar refractivity (Wildman–Crippen MR) is 106 cm³/mol. The molecule has 6 heteroatoms. The standard InChI is InChI=1S/C21H25ClFN3O/c1-16-5-7-17(8-6-16)13-24-21(27)15-26-11-9-25(10-12-26)14-18-19(22)3-2-4-20(18)23/h2-8H,9-15H2,1H3,(H,24,27). The van der Waals surface area contributed by atoms with Gasteiger partial charge in [0, 0.05) is 49.9 Å². The van der Waals surface area contributed by atoms with Crippen molar-refractivity contribution >= 4 is 17.5 Å². The number of hydrogen-bond donors (Lipinski definition) is 1. The second-order valence-corrected chi connectivity index (χ2v) is 7.42. The van der Waals surface area contributed by atoms with Crippen LogP contribution in [0.4, 0.5) is 4.39 Å². The SMILES string of the molecule is Cc1ccc(CNC(=O)CN2CCN(Cc3c(F)cccc3Cl)CC2)cc1. The number of piperazine rings is 1. The summed E-state index contributed by atoms with van der Waals surface area (Å²) >= 11 is 6.11. The van der Waals surface area contributed by atoms with Crippen LogP contribution in [-0.2, 0) is 17.9 Å². The number of hydrogen-bond acceptors (Lipinski definition) is 3. The highest BCUT2D eigenvalue weighted by atomic mass is 35.5. The summed E-state index contributed by atoms with van der Waals surface area (Å²) in [6, 6.07) is 12.9. The van der Waals surface area contributed by atoms with E-state index in [-0.39, 0.29) is 11.7 Å². The highest BCUT2D eigenvalue weighted by molar-refractivity contribution is 6.31. The van der Waals surface area contributed by atoms with Crippen LogP contribution >= 0.6 is 11.6 Å². The number of amides is 1. The molecule has 1 amide bonds. The zero-order valence-corrected chi connectivity index (χ0v) is 16.3. The summed E-state index contributed by atoms with van der Waals surface area (Å²) in [5.74, 6) is -0.235. The van der Waals surface area contributed by atoms with Crippen molar-refractivity contribution in [2.75, 3.05) is 32.7 Å². The van der Waals surface area contributed by atoms with Crippen LogP contribution < -0.4 is 5.32 Å². The maximum Gasteiger partial charge on any atom is 0.234 e. The third kappa shape index (κ3) is 5.76. The number of benzene rings is 2. The fraction of sp³-hybridized carbons (Fsp3) is 0.381. The van der Waals surface area contributed by atoms with Gasteiger partial charge in [-0.3, -0.25) is 14.6 Å². The van der Waals surface area contributed by atoms with Gasteiger partial charge in [-0.25, -0.2) is 4.39 Å². The van der Waals surface area contributed by atoms with E-state index in [0.717, 1.165) is 31.7 Å². The van der Waals surface area contributed by atoms with Crippen molar-refractivity contribution in [3.05, 3.63) is 70.0 Å². The molecular formula is C21H25ClFN3O. The van der Waals surface area contributed by atoms with Gasteiger partial charge in [0.25, 0.3) is 0 Å². The summed E-state index contributed by atoms with van der Waals surface area (Å²) in [5.41, 5.74) is 2.85. The maximum atomic E-state index is 13.9. The van der Waals surface area contributed by atoms with Crippen LogP contribution in [0.25, 0.3) is 0 Å². The van der Waals surface area contributed by atoms with Gasteiger partial charge < -0.3 is 5.32 Å². The van der Waals surface area contributed by atoms with Crippen LogP contribution in [0.3, 0.4) is 0 Å². The maximum absolute atomic E-state index is 13.9. The van der Waals surface area contributed by atoms with Crippen molar-refractivity contribution in [3.8, 4) is 0 Å². The zero-order valence-electron chi connectivity index (χ0n) is 15.5. The molecule has 2 aromatic carbocycles. The topological polar surface area (TPSA) is 35.6 Å². The van der Waals surface area contributed by atoms with Crippen molar-refractivity contribution in [1.29, 1.82) is 0 Å². The number of nitrogens with one attached hydrogen (secondary N) is 1. The Kier molecular flexibility index (Phi) is 6.83. The molecular weight excluding hydrogens is 365 g/mol. The molecule has 0 spiro atoms. The minimum absolute atomic E-state index is 0.0289. The first-order chi connectivity index (χ1) is 13.0. The Morgan fingerprint density at radius 3 is 2.41 bits per heavy atom. The van der Waals surface area contributed by atoms with E-state index in [1.807, 2.05) is 31.2 Å². The molecule has 27 heavy (non-hydrogen) atoms. The molecule has 1 aliphatic rings. The summed E-state index contributed by atoms with van der Waals surface area (Å²) < 4.78 is 13.9. The normalized spacial score (nSPS) is 15.7. The lowest BCUT2D eigenvalue weighted by Gasteiger charge is -2.34. The van der Waals surface area contributed by atoms with Gasteiger partial charge in [-0.05, 0) is 24.6 Å². The monoisotopic (exact) mass is 389 g/mol. The van der Waals surface area contributed by atoms with Crippen molar-refractivity contribution in [1.82, 2.24) is 15.1 Å². The molecule has 144 valence electrons. The summed E-state index contributed by atoms with van der Waals surface area (Å²) in [5, 5.41) is 3.44. The van der Waals surface area contributed by atoms with E-state index < -0.39 is 0 Å². The van der Waals surface area contributed by atoms with Gasteiger partial charge in [0.15, 0.2) is 0 Å². The fourth-order valence-electron chi connectivity index (χ4n) is 3.18. The number of carbonyl (C=O) groups is 1. The minimum atomic E-state index is -0.264. The lowest BCUT2D eigenvalue weighted by atomic mass is 10.1. The number of carbonyl (C=O) groups excluding carboxylic acids is 1. The van der Waals surface area contributed by atoms with Crippen molar-refractivity contribution < 1.29 is 9.18 Å². The molecule has 0 bridgehead atoms. The van der Waals surface area contributed by atoms with Gasteiger partial charge in [0.2, 0.25) is 5.91 Å². The van der Waals surface area contributed by atoms with Crippen LogP contribution in [0.5, 0.6) is 0 Å². The van der Waals surface area contributed by atoms with Crippen LogP contribution in [-0.4, -0.2) is 48.4 Å². The molecule has 0 aromatic heterocycles. The van der Waals surface area contributed by atoms with E-state index in [1.165, 1.54) is 11.6 Å². The van der Waals surface area contributed by atoms with E-state index >= 15 is 0 Å². The van der Waals surface area contributed by atoms with E-state index in [1.54, 1.807) is 12.1 Å². The molecule has 0 atom stereocenters. The summed E-state index contributed by atoms with van der Waals surface area (Å²) in [7, 11) is 0. The lowest BCUT2D eigenvalue weighted by molar-refractivity contribution is -0.122. The first-order valence-corrected chi connectivity index (χ1v) is 9.59. The molecule has 1 N–H and O–H groups in total. The number of nitrogens with zero attached hydrogens (tertiary/aromatic N) is 2. The molecule has 2 aromatic rings. The van der Waals surface area contributed by atoms with Gasteiger partial charge in [0.05, 0.1) is 6.54 Å². The number of aryl methyl sites for hydroxylation is 1. The van der Waals surface area contributed by atoms with E-state index in [0.29, 0.717) is 30.2 Å². The largest absolute Gasteiger partial charge is 0.351 e.